The monoisotopic (exact) mass is 278 g/mol. The first-order valence-electron chi connectivity index (χ1n) is 7.70. The van der Waals surface area contributed by atoms with Crippen molar-refractivity contribution in [1.82, 2.24) is 25.4 Å². The molecule has 0 radical (unpaired) electrons. The second kappa shape index (κ2) is 7.87. The van der Waals surface area contributed by atoms with Gasteiger partial charge in [-0.05, 0) is 12.8 Å². The molecule has 1 aromatic heterocycles. The van der Waals surface area contributed by atoms with Gasteiger partial charge in [0.15, 0.2) is 11.8 Å². The van der Waals surface area contributed by atoms with Crippen LogP contribution in [0, 0.1) is 0 Å². The van der Waals surface area contributed by atoms with Crippen LogP contribution in [0.2, 0.25) is 0 Å². The lowest BCUT2D eigenvalue weighted by Crippen LogP contribution is -2.37. The number of nitrogens with one attached hydrogen (secondary N) is 2. The molecule has 2 heterocycles. The van der Waals surface area contributed by atoms with Crippen LogP contribution < -0.4 is 10.6 Å². The SMILES string of the molecule is CCCCCCNC(=NC)NCc1nnc2n1CCC2. The first kappa shape index (κ1) is 14.8. The van der Waals surface area contributed by atoms with Crippen LogP contribution in [-0.2, 0) is 19.5 Å². The maximum Gasteiger partial charge on any atom is 0.191 e. The Kier molecular flexibility index (Phi) is 5.83. The topological polar surface area (TPSA) is 67.1 Å². The van der Waals surface area contributed by atoms with Gasteiger partial charge in [-0.3, -0.25) is 4.99 Å². The molecule has 6 nitrogen and oxygen atoms in total. The van der Waals surface area contributed by atoms with Gasteiger partial charge in [0.25, 0.3) is 0 Å². The molecule has 0 unspecified atom stereocenters. The van der Waals surface area contributed by atoms with Crippen LogP contribution >= 0.6 is 0 Å². The Morgan fingerprint density at radius 2 is 2.15 bits per heavy atom. The average molecular weight is 278 g/mol. The molecule has 0 saturated carbocycles. The van der Waals surface area contributed by atoms with Gasteiger partial charge < -0.3 is 15.2 Å². The minimum atomic E-state index is 0.682. The zero-order chi connectivity index (χ0) is 14.2. The van der Waals surface area contributed by atoms with Crippen molar-refractivity contribution in [3.63, 3.8) is 0 Å². The highest BCUT2D eigenvalue weighted by Gasteiger charge is 2.16. The van der Waals surface area contributed by atoms with E-state index >= 15 is 0 Å². The third-order valence-electron chi connectivity index (χ3n) is 3.65. The minimum absolute atomic E-state index is 0.682. The fourth-order valence-electron chi connectivity index (χ4n) is 2.48. The van der Waals surface area contributed by atoms with Gasteiger partial charge in [0, 0.05) is 26.6 Å². The number of unbranched alkanes of at least 4 members (excludes halogenated alkanes) is 3. The van der Waals surface area contributed by atoms with E-state index in [4.69, 9.17) is 0 Å². The molecule has 1 aliphatic heterocycles. The van der Waals surface area contributed by atoms with E-state index in [-0.39, 0.29) is 0 Å². The molecular formula is C14H26N6. The molecule has 1 aliphatic rings. The third kappa shape index (κ3) is 3.95. The Morgan fingerprint density at radius 3 is 2.95 bits per heavy atom. The van der Waals surface area contributed by atoms with E-state index in [1.165, 1.54) is 32.1 Å². The summed E-state index contributed by atoms with van der Waals surface area (Å²) in [6.45, 7) is 4.92. The van der Waals surface area contributed by atoms with Crippen LogP contribution in [-0.4, -0.2) is 34.3 Å². The van der Waals surface area contributed by atoms with Crippen molar-refractivity contribution in [2.24, 2.45) is 4.99 Å². The Morgan fingerprint density at radius 1 is 1.25 bits per heavy atom. The van der Waals surface area contributed by atoms with Crippen LogP contribution in [0.5, 0.6) is 0 Å². The van der Waals surface area contributed by atoms with E-state index in [1.807, 2.05) is 0 Å². The van der Waals surface area contributed by atoms with Gasteiger partial charge in [-0.2, -0.15) is 0 Å². The van der Waals surface area contributed by atoms with Crippen molar-refractivity contribution in [2.45, 2.75) is 58.5 Å². The fraction of sp³-hybridized carbons (Fsp3) is 0.786. The largest absolute Gasteiger partial charge is 0.356 e. The molecule has 112 valence electrons. The average Bonchev–Trinajstić information content (AvgIpc) is 3.06. The molecule has 20 heavy (non-hydrogen) atoms. The summed E-state index contributed by atoms with van der Waals surface area (Å²) in [4.78, 5) is 4.24. The Bertz CT molecular complexity index is 437. The number of aromatic nitrogens is 3. The standard InChI is InChI=1S/C14H26N6/c1-3-4-5-6-9-16-14(15-2)17-11-13-19-18-12-8-7-10-20(12)13/h3-11H2,1-2H3,(H2,15,16,17). The molecule has 0 aliphatic carbocycles. The third-order valence-corrected chi connectivity index (χ3v) is 3.65. The summed E-state index contributed by atoms with van der Waals surface area (Å²) < 4.78 is 2.21. The van der Waals surface area contributed by atoms with E-state index < -0.39 is 0 Å². The predicted molar refractivity (Wildman–Crippen MR) is 80.7 cm³/mol. The van der Waals surface area contributed by atoms with Crippen LogP contribution in [0.3, 0.4) is 0 Å². The summed E-state index contributed by atoms with van der Waals surface area (Å²) in [6, 6.07) is 0. The number of rotatable bonds is 7. The van der Waals surface area contributed by atoms with Gasteiger partial charge in [0.2, 0.25) is 0 Å². The van der Waals surface area contributed by atoms with Gasteiger partial charge >= 0.3 is 0 Å². The molecule has 0 aromatic carbocycles. The quantitative estimate of drug-likeness (QED) is 0.450. The molecule has 0 atom stereocenters. The number of nitrogens with zero attached hydrogens (tertiary/aromatic N) is 4. The number of hydrogen-bond acceptors (Lipinski definition) is 3. The summed E-state index contributed by atoms with van der Waals surface area (Å²) in [6.07, 6.45) is 7.28. The lowest BCUT2D eigenvalue weighted by atomic mass is 10.2. The lowest BCUT2D eigenvalue weighted by molar-refractivity contribution is 0.637. The van der Waals surface area contributed by atoms with Crippen LogP contribution in [0.1, 0.15) is 50.7 Å². The zero-order valence-electron chi connectivity index (χ0n) is 12.7. The smallest absolute Gasteiger partial charge is 0.191 e. The normalized spacial score (nSPS) is 14.4. The number of fused-ring (bicyclic) bond motifs is 1. The number of aryl methyl sites for hydroxylation is 1. The van der Waals surface area contributed by atoms with Crippen molar-refractivity contribution in [3.05, 3.63) is 11.6 Å². The highest BCUT2D eigenvalue weighted by atomic mass is 15.3. The van der Waals surface area contributed by atoms with E-state index in [2.05, 4.69) is 37.3 Å². The molecule has 0 bridgehead atoms. The van der Waals surface area contributed by atoms with Gasteiger partial charge in [-0.1, -0.05) is 26.2 Å². The number of hydrogen-bond donors (Lipinski definition) is 2. The summed E-state index contributed by atoms with van der Waals surface area (Å²) in [7, 11) is 1.80. The summed E-state index contributed by atoms with van der Waals surface area (Å²) in [5.74, 6) is 2.97. The van der Waals surface area contributed by atoms with Crippen molar-refractivity contribution >= 4 is 5.96 Å². The van der Waals surface area contributed by atoms with E-state index in [1.54, 1.807) is 7.05 Å². The summed E-state index contributed by atoms with van der Waals surface area (Å²) in [5.41, 5.74) is 0. The van der Waals surface area contributed by atoms with Crippen molar-refractivity contribution in [2.75, 3.05) is 13.6 Å². The van der Waals surface area contributed by atoms with Gasteiger partial charge in [0.05, 0.1) is 6.54 Å². The molecule has 0 saturated heterocycles. The Hall–Kier alpha value is -1.59. The first-order chi connectivity index (χ1) is 9.85. The van der Waals surface area contributed by atoms with E-state index in [0.717, 1.165) is 37.1 Å². The maximum atomic E-state index is 4.24. The summed E-state index contributed by atoms with van der Waals surface area (Å²) >= 11 is 0. The van der Waals surface area contributed by atoms with Crippen molar-refractivity contribution < 1.29 is 0 Å². The molecule has 6 heteroatoms. The predicted octanol–water partition coefficient (Wildman–Crippen LogP) is 1.47. The number of guanidine groups is 1. The Labute approximate surface area is 121 Å². The van der Waals surface area contributed by atoms with Gasteiger partial charge in [-0.25, -0.2) is 0 Å². The van der Waals surface area contributed by atoms with Crippen LogP contribution in [0.15, 0.2) is 4.99 Å². The van der Waals surface area contributed by atoms with E-state index in [0.29, 0.717) is 6.54 Å². The molecule has 2 N–H and O–H groups in total. The molecule has 0 spiro atoms. The highest BCUT2D eigenvalue weighted by molar-refractivity contribution is 5.79. The van der Waals surface area contributed by atoms with Crippen LogP contribution in [0.25, 0.3) is 0 Å². The molecular weight excluding hydrogens is 252 g/mol. The molecule has 2 rings (SSSR count). The maximum absolute atomic E-state index is 4.24. The molecule has 0 fully saturated rings. The fourth-order valence-corrected chi connectivity index (χ4v) is 2.48. The second-order valence-electron chi connectivity index (χ2n) is 5.20. The first-order valence-corrected chi connectivity index (χ1v) is 7.70. The van der Waals surface area contributed by atoms with Crippen molar-refractivity contribution in [3.8, 4) is 0 Å². The second-order valence-corrected chi connectivity index (χ2v) is 5.20. The van der Waals surface area contributed by atoms with Crippen LogP contribution in [0.4, 0.5) is 0 Å². The minimum Gasteiger partial charge on any atom is -0.356 e. The van der Waals surface area contributed by atoms with E-state index in [9.17, 15) is 0 Å². The molecule has 1 aromatic rings. The lowest BCUT2D eigenvalue weighted by Gasteiger charge is -2.11. The molecule has 0 amide bonds. The zero-order valence-corrected chi connectivity index (χ0v) is 12.7. The van der Waals surface area contributed by atoms with Gasteiger partial charge in [0.1, 0.15) is 5.82 Å². The van der Waals surface area contributed by atoms with Crippen molar-refractivity contribution in [1.29, 1.82) is 0 Å². The number of aliphatic imine (C=N–C) groups is 1. The highest BCUT2D eigenvalue weighted by Crippen LogP contribution is 2.13. The van der Waals surface area contributed by atoms with Gasteiger partial charge in [-0.15, -0.1) is 10.2 Å². The summed E-state index contributed by atoms with van der Waals surface area (Å²) in [5, 5.41) is 15.1. The Balaban J connectivity index is 1.71.